The van der Waals surface area contributed by atoms with Gasteiger partial charge in [-0.25, -0.2) is 4.79 Å². The topological polar surface area (TPSA) is 76.0 Å². The first-order chi connectivity index (χ1) is 12.7. The molecule has 0 saturated carbocycles. The van der Waals surface area contributed by atoms with Crippen molar-refractivity contribution in [2.24, 2.45) is 0 Å². The highest BCUT2D eigenvalue weighted by Gasteiger charge is 2.19. The van der Waals surface area contributed by atoms with Crippen molar-refractivity contribution >= 4 is 6.16 Å². The lowest BCUT2D eigenvalue weighted by Crippen LogP contribution is -2.24. The van der Waals surface area contributed by atoms with Crippen molar-refractivity contribution in [1.82, 2.24) is 0 Å². The molecule has 2 atom stereocenters. The van der Waals surface area contributed by atoms with Gasteiger partial charge in [-0.05, 0) is 51.4 Å². The van der Waals surface area contributed by atoms with Crippen LogP contribution in [0.2, 0.25) is 0 Å². The van der Waals surface area contributed by atoms with Crippen LogP contribution in [0.1, 0.15) is 104 Å². The molecule has 0 amide bonds. The van der Waals surface area contributed by atoms with Crippen LogP contribution in [0.4, 0.5) is 4.79 Å². The minimum Gasteiger partial charge on any atom is -0.431 e. The maximum absolute atomic E-state index is 12.2. The molecule has 0 aliphatic heterocycles. The SMILES string of the molecule is CCCCCCC(CCCO)OC(=O)OC(CCCO)CCCCCC. The van der Waals surface area contributed by atoms with Crippen LogP contribution in [-0.4, -0.2) is 41.8 Å². The predicted octanol–water partition coefficient (Wildman–Crippen LogP) is 5.36. The zero-order valence-electron chi connectivity index (χ0n) is 17.1. The number of ether oxygens (including phenoxy) is 2. The van der Waals surface area contributed by atoms with Crippen LogP contribution in [0.3, 0.4) is 0 Å². The van der Waals surface area contributed by atoms with Gasteiger partial charge in [0, 0.05) is 13.2 Å². The van der Waals surface area contributed by atoms with Crippen LogP contribution in [-0.2, 0) is 9.47 Å². The lowest BCUT2D eigenvalue weighted by Gasteiger charge is -2.21. The molecule has 0 aromatic rings. The van der Waals surface area contributed by atoms with Gasteiger partial charge < -0.3 is 19.7 Å². The summed E-state index contributed by atoms with van der Waals surface area (Å²) in [5.74, 6) is 0. The van der Waals surface area contributed by atoms with E-state index in [9.17, 15) is 4.79 Å². The number of aliphatic hydroxyl groups excluding tert-OH is 2. The second-order valence-electron chi connectivity index (χ2n) is 7.16. The van der Waals surface area contributed by atoms with Gasteiger partial charge in [-0.1, -0.05) is 52.4 Å². The predicted molar refractivity (Wildman–Crippen MR) is 105 cm³/mol. The van der Waals surface area contributed by atoms with Crippen LogP contribution in [0.25, 0.3) is 0 Å². The van der Waals surface area contributed by atoms with Gasteiger partial charge in [-0.15, -0.1) is 0 Å². The zero-order valence-corrected chi connectivity index (χ0v) is 17.1. The molecule has 0 radical (unpaired) electrons. The molecule has 2 N–H and O–H groups in total. The van der Waals surface area contributed by atoms with E-state index in [1.165, 1.54) is 25.7 Å². The van der Waals surface area contributed by atoms with Crippen molar-refractivity contribution < 1.29 is 24.5 Å². The summed E-state index contributed by atoms with van der Waals surface area (Å²) in [5.41, 5.74) is 0. The monoisotopic (exact) mass is 374 g/mol. The highest BCUT2D eigenvalue weighted by atomic mass is 16.7. The molecule has 5 nitrogen and oxygen atoms in total. The number of carbonyl (C=O) groups excluding carboxylic acids is 1. The molecule has 26 heavy (non-hydrogen) atoms. The van der Waals surface area contributed by atoms with Gasteiger partial charge >= 0.3 is 6.16 Å². The van der Waals surface area contributed by atoms with Gasteiger partial charge in [0.05, 0.1) is 0 Å². The Bertz CT molecular complexity index is 281. The number of unbranched alkanes of at least 4 members (excludes halogenated alkanes) is 6. The van der Waals surface area contributed by atoms with Gasteiger partial charge in [0.15, 0.2) is 0 Å². The van der Waals surface area contributed by atoms with E-state index in [-0.39, 0.29) is 25.4 Å². The smallest absolute Gasteiger partial charge is 0.431 e. The summed E-state index contributed by atoms with van der Waals surface area (Å²) in [4.78, 5) is 12.2. The minimum atomic E-state index is -0.595. The Kier molecular flexibility index (Phi) is 18.4. The molecule has 0 bridgehead atoms. The Labute approximate surface area is 160 Å². The maximum atomic E-state index is 12.2. The maximum Gasteiger partial charge on any atom is 0.508 e. The second-order valence-corrected chi connectivity index (χ2v) is 7.16. The summed E-state index contributed by atoms with van der Waals surface area (Å²) in [5, 5.41) is 18.1. The molecule has 0 aliphatic carbocycles. The van der Waals surface area contributed by atoms with E-state index in [1.54, 1.807) is 0 Å². The van der Waals surface area contributed by atoms with Crippen molar-refractivity contribution in [2.75, 3.05) is 13.2 Å². The Morgan fingerprint density at radius 1 is 0.654 bits per heavy atom. The average molecular weight is 375 g/mol. The van der Waals surface area contributed by atoms with Crippen molar-refractivity contribution in [2.45, 2.75) is 116 Å². The average Bonchev–Trinajstić information content (AvgIpc) is 2.64. The molecule has 0 aromatic heterocycles. The van der Waals surface area contributed by atoms with Crippen LogP contribution >= 0.6 is 0 Å². The largest absolute Gasteiger partial charge is 0.508 e. The quantitative estimate of drug-likeness (QED) is 0.249. The molecule has 0 aromatic carbocycles. The molecule has 2 unspecified atom stereocenters. The number of aliphatic hydroxyl groups is 2. The number of hydrogen-bond acceptors (Lipinski definition) is 5. The van der Waals surface area contributed by atoms with Crippen molar-refractivity contribution in [3.63, 3.8) is 0 Å². The summed E-state index contributed by atoms with van der Waals surface area (Å²) in [6, 6.07) is 0. The van der Waals surface area contributed by atoms with E-state index in [1.807, 2.05) is 0 Å². The normalized spacial score (nSPS) is 13.4. The second kappa shape index (κ2) is 19.0. The summed E-state index contributed by atoms with van der Waals surface area (Å²) >= 11 is 0. The van der Waals surface area contributed by atoms with E-state index in [4.69, 9.17) is 19.7 Å². The van der Waals surface area contributed by atoms with Crippen LogP contribution in [0.15, 0.2) is 0 Å². The minimum absolute atomic E-state index is 0.112. The van der Waals surface area contributed by atoms with Gasteiger partial charge in [-0.3, -0.25) is 0 Å². The van der Waals surface area contributed by atoms with E-state index in [0.29, 0.717) is 25.7 Å². The standard InChI is InChI=1S/C21H42O5/c1-3-5-7-9-13-19(15-11-17-22)25-21(24)26-20(16-12-18-23)14-10-8-6-4-2/h19-20,22-23H,3-18H2,1-2H3. The number of carbonyl (C=O) groups is 1. The Hall–Kier alpha value is -0.810. The molecule has 0 heterocycles. The van der Waals surface area contributed by atoms with E-state index in [2.05, 4.69) is 13.8 Å². The molecule has 0 spiro atoms. The fourth-order valence-electron chi connectivity index (χ4n) is 3.06. The zero-order chi connectivity index (χ0) is 19.5. The fourth-order valence-corrected chi connectivity index (χ4v) is 3.06. The first-order valence-corrected chi connectivity index (χ1v) is 10.8. The van der Waals surface area contributed by atoms with Crippen molar-refractivity contribution in [3.05, 3.63) is 0 Å². The van der Waals surface area contributed by atoms with Crippen LogP contribution in [0.5, 0.6) is 0 Å². The van der Waals surface area contributed by atoms with Gasteiger partial charge in [0.25, 0.3) is 0 Å². The van der Waals surface area contributed by atoms with Gasteiger partial charge in [0.2, 0.25) is 0 Å². The van der Waals surface area contributed by atoms with Crippen LogP contribution in [0, 0.1) is 0 Å². The van der Waals surface area contributed by atoms with Gasteiger partial charge in [0.1, 0.15) is 12.2 Å². The number of hydrogen-bond donors (Lipinski definition) is 2. The van der Waals surface area contributed by atoms with E-state index < -0.39 is 6.16 Å². The molecular formula is C21H42O5. The summed E-state index contributed by atoms with van der Waals surface area (Å²) in [6.07, 6.45) is 12.4. The fraction of sp³-hybridized carbons (Fsp3) is 0.952. The third-order valence-corrected chi connectivity index (χ3v) is 4.65. The van der Waals surface area contributed by atoms with E-state index in [0.717, 1.165) is 38.5 Å². The molecule has 0 saturated heterocycles. The summed E-state index contributed by atoms with van der Waals surface area (Å²) in [7, 11) is 0. The lowest BCUT2D eigenvalue weighted by molar-refractivity contribution is -0.0137. The highest BCUT2D eigenvalue weighted by molar-refractivity contribution is 5.60. The highest BCUT2D eigenvalue weighted by Crippen LogP contribution is 2.17. The third-order valence-electron chi connectivity index (χ3n) is 4.65. The summed E-state index contributed by atoms with van der Waals surface area (Å²) in [6.45, 7) is 4.56. The van der Waals surface area contributed by atoms with E-state index >= 15 is 0 Å². The molecule has 0 rings (SSSR count). The number of rotatable bonds is 18. The van der Waals surface area contributed by atoms with Crippen molar-refractivity contribution in [1.29, 1.82) is 0 Å². The molecular weight excluding hydrogens is 332 g/mol. The van der Waals surface area contributed by atoms with Crippen molar-refractivity contribution in [3.8, 4) is 0 Å². The first-order valence-electron chi connectivity index (χ1n) is 10.8. The molecule has 5 heteroatoms. The van der Waals surface area contributed by atoms with Crippen LogP contribution < -0.4 is 0 Å². The molecule has 0 aliphatic rings. The first kappa shape index (κ1) is 25.2. The molecule has 156 valence electrons. The van der Waals surface area contributed by atoms with Gasteiger partial charge in [-0.2, -0.15) is 0 Å². The Morgan fingerprint density at radius 2 is 1.04 bits per heavy atom. The molecule has 0 fully saturated rings. The Balaban J connectivity index is 4.34. The third kappa shape index (κ3) is 15.4. The summed E-state index contributed by atoms with van der Waals surface area (Å²) < 4.78 is 11.1. The lowest BCUT2D eigenvalue weighted by atomic mass is 10.1. The Morgan fingerprint density at radius 3 is 1.38 bits per heavy atom.